The van der Waals surface area contributed by atoms with E-state index in [0.29, 0.717) is 30.3 Å². The number of ether oxygens (including phenoxy) is 2. The molecule has 5 heteroatoms. The maximum absolute atomic E-state index is 11.0. The number of nitrogens with zero attached hydrogens (tertiary/aromatic N) is 1. The maximum atomic E-state index is 11.0. The van der Waals surface area contributed by atoms with E-state index in [0.717, 1.165) is 0 Å². The minimum atomic E-state index is -0.664. The molecule has 1 aromatic carbocycles. The van der Waals surface area contributed by atoms with Crippen LogP contribution in [0.1, 0.15) is 18.5 Å². The first-order chi connectivity index (χ1) is 8.20. The summed E-state index contributed by atoms with van der Waals surface area (Å²) in [6, 6.07) is 6.58. The zero-order valence-electron chi connectivity index (χ0n) is 9.40. The van der Waals surface area contributed by atoms with Crippen LogP contribution in [0.2, 0.25) is 0 Å². The fourth-order valence-corrected chi connectivity index (χ4v) is 1.63. The Labute approximate surface area is 98.9 Å². The minimum Gasteiger partial charge on any atom is -0.486 e. The largest absolute Gasteiger partial charge is 0.486 e. The van der Waals surface area contributed by atoms with Gasteiger partial charge in [-0.05, 0) is 17.7 Å². The van der Waals surface area contributed by atoms with Gasteiger partial charge in [0.2, 0.25) is 5.91 Å². The van der Waals surface area contributed by atoms with Gasteiger partial charge in [0.05, 0.1) is 6.07 Å². The van der Waals surface area contributed by atoms with Crippen molar-refractivity contribution in [1.82, 2.24) is 5.32 Å². The lowest BCUT2D eigenvalue weighted by Crippen LogP contribution is -2.25. The topological polar surface area (TPSA) is 71.4 Å². The molecule has 1 atom stereocenters. The average molecular weight is 232 g/mol. The van der Waals surface area contributed by atoms with Gasteiger partial charge in [0, 0.05) is 6.92 Å². The Morgan fingerprint density at radius 1 is 1.41 bits per heavy atom. The SMILES string of the molecule is CC(=O)NC(C#N)c1ccc2c(c1)OCCO2. The van der Waals surface area contributed by atoms with Crippen LogP contribution in [0.3, 0.4) is 0 Å². The van der Waals surface area contributed by atoms with Gasteiger partial charge in [-0.2, -0.15) is 5.26 Å². The van der Waals surface area contributed by atoms with Gasteiger partial charge in [0.25, 0.3) is 0 Å². The number of carbonyl (C=O) groups is 1. The van der Waals surface area contributed by atoms with Crippen LogP contribution in [0.15, 0.2) is 18.2 Å². The third kappa shape index (κ3) is 2.48. The van der Waals surface area contributed by atoms with Gasteiger partial charge < -0.3 is 14.8 Å². The molecule has 1 amide bonds. The van der Waals surface area contributed by atoms with Gasteiger partial charge in [-0.25, -0.2) is 0 Å². The van der Waals surface area contributed by atoms with Crippen molar-refractivity contribution in [2.24, 2.45) is 0 Å². The van der Waals surface area contributed by atoms with Crippen LogP contribution >= 0.6 is 0 Å². The summed E-state index contributed by atoms with van der Waals surface area (Å²) in [7, 11) is 0. The van der Waals surface area contributed by atoms with E-state index in [1.165, 1.54) is 6.92 Å². The molecule has 0 radical (unpaired) electrons. The van der Waals surface area contributed by atoms with Crippen LogP contribution < -0.4 is 14.8 Å². The van der Waals surface area contributed by atoms with E-state index in [1.54, 1.807) is 18.2 Å². The highest BCUT2D eigenvalue weighted by molar-refractivity contribution is 5.74. The first kappa shape index (κ1) is 11.3. The average Bonchev–Trinajstić information content (AvgIpc) is 2.35. The van der Waals surface area contributed by atoms with Crippen LogP contribution in [0.4, 0.5) is 0 Å². The summed E-state index contributed by atoms with van der Waals surface area (Å²) in [6.07, 6.45) is 0. The molecule has 0 saturated carbocycles. The maximum Gasteiger partial charge on any atom is 0.218 e. The molecule has 1 aliphatic rings. The van der Waals surface area contributed by atoms with Crippen LogP contribution in [-0.2, 0) is 4.79 Å². The van der Waals surface area contributed by atoms with E-state index < -0.39 is 6.04 Å². The lowest BCUT2D eigenvalue weighted by molar-refractivity contribution is -0.119. The molecule has 0 aliphatic carbocycles. The molecule has 0 saturated heterocycles. The van der Waals surface area contributed by atoms with Crippen LogP contribution in [0.25, 0.3) is 0 Å². The molecule has 0 fully saturated rings. The Morgan fingerprint density at radius 3 is 2.76 bits per heavy atom. The Hall–Kier alpha value is -2.22. The van der Waals surface area contributed by atoms with Crippen LogP contribution in [-0.4, -0.2) is 19.1 Å². The van der Waals surface area contributed by atoms with E-state index in [1.807, 2.05) is 6.07 Å². The van der Waals surface area contributed by atoms with E-state index in [-0.39, 0.29) is 5.91 Å². The quantitative estimate of drug-likeness (QED) is 0.830. The van der Waals surface area contributed by atoms with Crippen LogP contribution in [0, 0.1) is 11.3 Å². The molecule has 1 unspecified atom stereocenters. The van der Waals surface area contributed by atoms with Crippen molar-refractivity contribution in [3.63, 3.8) is 0 Å². The highest BCUT2D eigenvalue weighted by atomic mass is 16.6. The molecule has 1 aromatic rings. The van der Waals surface area contributed by atoms with Crippen molar-refractivity contribution in [2.75, 3.05) is 13.2 Å². The summed E-state index contributed by atoms with van der Waals surface area (Å²) in [5.41, 5.74) is 0.687. The number of nitrogens with one attached hydrogen (secondary N) is 1. The van der Waals surface area contributed by atoms with Crippen LogP contribution in [0.5, 0.6) is 11.5 Å². The van der Waals surface area contributed by atoms with Gasteiger partial charge in [-0.1, -0.05) is 6.07 Å². The zero-order chi connectivity index (χ0) is 12.3. The van der Waals surface area contributed by atoms with Crippen molar-refractivity contribution in [1.29, 1.82) is 5.26 Å². The van der Waals surface area contributed by atoms with Gasteiger partial charge in [-0.3, -0.25) is 4.79 Å². The second kappa shape index (κ2) is 4.74. The lowest BCUT2D eigenvalue weighted by Gasteiger charge is -2.20. The van der Waals surface area contributed by atoms with Crippen molar-refractivity contribution in [3.8, 4) is 17.6 Å². The second-order valence-electron chi connectivity index (χ2n) is 3.67. The monoisotopic (exact) mass is 232 g/mol. The fraction of sp³-hybridized carbons (Fsp3) is 0.333. The molecule has 1 N–H and O–H groups in total. The number of carbonyl (C=O) groups excluding carboxylic acids is 1. The van der Waals surface area contributed by atoms with E-state index in [2.05, 4.69) is 5.32 Å². The summed E-state index contributed by atoms with van der Waals surface area (Å²) in [5.74, 6) is 1.03. The number of nitriles is 1. The molecule has 1 heterocycles. The highest BCUT2D eigenvalue weighted by Gasteiger charge is 2.17. The van der Waals surface area contributed by atoms with Crippen molar-refractivity contribution in [3.05, 3.63) is 23.8 Å². The Kier molecular flexibility index (Phi) is 3.15. The molecule has 0 aromatic heterocycles. The molecule has 5 nitrogen and oxygen atoms in total. The zero-order valence-corrected chi connectivity index (χ0v) is 9.40. The number of hydrogen-bond donors (Lipinski definition) is 1. The smallest absolute Gasteiger partial charge is 0.218 e. The molecular formula is C12H12N2O3. The van der Waals surface area contributed by atoms with Crippen molar-refractivity contribution in [2.45, 2.75) is 13.0 Å². The summed E-state index contributed by atoms with van der Waals surface area (Å²) in [4.78, 5) is 11.0. The van der Waals surface area contributed by atoms with Gasteiger partial charge in [0.1, 0.15) is 19.3 Å². The highest BCUT2D eigenvalue weighted by Crippen LogP contribution is 2.32. The summed E-state index contributed by atoms with van der Waals surface area (Å²) < 4.78 is 10.8. The second-order valence-corrected chi connectivity index (χ2v) is 3.67. The van der Waals surface area contributed by atoms with E-state index >= 15 is 0 Å². The molecule has 88 valence electrons. The summed E-state index contributed by atoms with van der Waals surface area (Å²) in [6.45, 7) is 2.40. The number of amides is 1. The fourth-order valence-electron chi connectivity index (χ4n) is 1.63. The van der Waals surface area contributed by atoms with Crippen molar-refractivity contribution < 1.29 is 14.3 Å². The normalized spacial score (nSPS) is 14.6. The third-order valence-electron chi connectivity index (χ3n) is 2.38. The molecule has 0 spiro atoms. The van der Waals surface area contributed by atoms with Gasteiger partial charge in [0.15, 0.2) is 11.5 Å². The number of hydrogen-bond acceptors (Lipinski definition) is 4. The molecule has 17 heavy (non-hydrogen) atoms. The van der Waals surface area contributed by atoms with Crippen molar-refractivity contribution >= 4 is 5.91 Å². The molecule has 2 rings (SSSR count). The first-order valence-corrected chi connectivity index (χ1v) is 5.27. The third-order valence-corrected chi connectivity index (χ3v) is 2.38. The predicted molar refractivity (Wildman–Crippen MR) is 59.6 cm³/mol. The Bertz CT molecular complexity index is 479. The minimum absolute atomic E-state index is 0.244. The van der Waals surface area contributed by atoms with E-state index in [9.17, 15) is 4.79 Å². The molecular weight excluding hydrogens is 220 g/mol. The Balaban J connectivity index is 2.26. The van der Waals surface area contributed by atoms with E-state index in [4.69, 9.17) is 14.7 Å². The number of fused-ring (bicyclic) bond motifs is 1. The predicted octanol–water partition coefficient (Wildman–Crippen LogP) is 1.16. The standard InChI is InChI=1S/C12H12N2O3/c1-8(15)14-10(7-13)9-2-3-11-12(6-9)17-5-4-16-11/h2-3,6,10H,4-5H2,1H3,(H,14,15). The van der Waals surface area contributed by atoms with Gasteiger partial charge in [-0.15, -0.1) is 0 Å². The molecule has 1 aliphatic heterocycles. The molecule has 0 bridgehead atoms. The first-order valence-electron chi connectivity index (χ1n) is 5.27. The van der Waals surface area contributed by atoms with Gasteiger partial charge >= 0.3 is 0 Å². The Morgan fingerprint density at radius 2 is 2.12 bits per heavy atom. The number of benzene rings is 1. The lowest BCUT2D eigenvalue weighted by atomic mass is 10.1. The summed E-state index contributed by atoms with van der Waals surface area (Å²) >= 11 is 0. The summed E-state index contributed by atoms with van der Waals surface area (Å²) in [5, 5.41) is 11.6. The number of rotatable bonds is 2.